The van der Waals surface area contributed by atoms with Gasteiger partial charge in [-0.1, -0.05) is 28.1 Å². The molecule has 0 saturated heterocycles. The zero-order valence-corrected chi connectivity index (χ0v) is 12.1. The van der Waals surface area contributed by atoms with Crippen LogP contribution in [0, 0.1) is 0 Å². The summed E-state index contributed by atoms with van der Waals surface area (Å²) in [7, 11) is 1.67. The van der Waals surface area contributed by atoms with E-state index >= 15 is 0 Å². The van der Waals surface area contributed by atoms with E-state index in [1.807, 2.05) is 24.3 Å². The van der Waals surface area contributed by atoms with Crippen molar-refractivity contribution >= 4 is 27.8 Å². The molecule has 0 saturated carbocycles. The smallest absolute Gasteiger partial charge is 0.315 e. The Morgan fingerprint density at radius 2 is 1.89 bits per heavy atom. The number of rotatable bonds is 5. The fraction of sp³-hybridized carbons (Fsp3) is 0.385. The van der Waals surface area contributed by atoms with E-state index in [0.29, 0.717) is 13.2 Å². The molecule has 18 heavy (non-hydrogen) atoms. The molecule has 1 aromatic carbocycles. The number of amides is 1. The number of benzene rings is 1. The van der Waals surface area contributed by atoms with Gasteiger partial charge in [0.2, 0.25) is 5.91 Å². The van der Waals surface area contributed by atoms with Crippen LogP contribution in [0.4, 0.5) is 0 Å². The van der Waals surface area contributed by atoms with Crippen LogP contribution in [0.5, 0.6) is 0 Å². The topological polar surface area (TPSA) is 46.6 Å². The number of carbonyl (C=O) groups is 2. The zero-order chi connectivity index (χ0) is 13.5. The van der Waals surface area contributed by atoms with Crippen molar-refractivity contribution in [3.05, 3.63) is 34.3 Å². The molecular weight excluding hydrogens is 298 g/mol. The first-order valence-electron chi connectivity index (χ1n) is 5.67. The van der Waals surface area contributed by atoms with Gasteiger partial charge in [-0.3, -0.25) is 9.59 Å². The average Bonchev–Trinajstić information content (AvgIpc) is 2.32. The Bertz CT molecular complexity index is 417. The lowest BCUT2D eigenvalue weighted by Crippen LogP contribution is -2.28. The third-order valence-corrected chi connectivity index (χ3v) is 2.89. The van der Waals surface area contributed by atoms with Gasteiger partial charge in [-0.2, -0.15) is 0 Å². The summed E-state index contributed by atoms with van der Waals surface area (Å²) in [5.41, 5.74) is 1.01. The molecule has 1 amide bonds. The molecular formula is C13H16BrNO3. The molecule has 0 aliphatic carbocycles. The number of ether oxygens (including phenoxy) is 1. The van der Waals surface area contributed by atoms with Gasteiger partial charge in [-0.15, -0.1) is 0 Å². The summed E-state index contributed by atoms with van der Waals surface area (Å²) >= 11 is 3.35. The van der Waals surface area contributed by atoms with E-state index in [1.165, 1.54) is 4.90 Å². The second kappa shape index (κ2) is 7.16. The number of halogens is 1. The van der Waals surface area contributed by atoms with Crippen LogP contribution in [-0.4, -0.2) is 30.4 Å². The van der Waals surface area contributed by atoms with Gasteiger partial charge < -0.3 is 9.64 Å². The van der Waals surface area contributed by atoms with Gasteiger partial charge in [0.1, 0.15) is 6.42 Å². The van der Waals surface area contributed by atoms with Crippen LogP contribution >= 0.6 is 15.9 Å². The van der Waals surface area contributed by atoms with Crippen LogP contribution in [0.15, 0.2) is 28.7 Å². The lowest BCUT2D eigenvalue weighted by atomic mass is 10.2. The fourth-order valence-corrected chi connectivity index (χ4v) is 1.69. The van der Waals surface area contributed by atoms with Gasteiger partial charge in [-0.05, 0) is 24.6 Å². The third-order valence-electron chi connectivity index (χ3n) is 2.36. The number of hydrogen-bond acceptors (Lipinski definition) is 3. The number of nitrogens with zero attached hydrogens (tertiary/aromatic N) is 1. The SMILES string of the molecule is CCOC(=O)CC(=O)N(C)Cc1ccc(Br)cc1. The van der Waals surface area contributed by atoms with Gasteiger partial charge in [0.25, 0.3) is 0 Å². The summed E-state index contributed by atoms with van der Waals surface area (Å²) in [6.07, 6.45) is -0.207. The van der Waals surface area contributed by atoms with Crippen molar-refractivity contribution < 1.29 is 14.3 Å². The van der Waals surface area contributed by atoms with E-state index in [2.05, 4.69) is 15.9 Å². The van der Waals surface area contributed by atoms with Crippen LogP contribution in [0.25, 0.3) is 0 Å². The van der Waals surface area contributed by atoms with Gasteiger partial charge in [0, 0.05) is 18.1 Å². The molecule has 1 aromatic rings. The Balaban J connectivity index is 2.49. The highest BCUT2D eigenvalue weighted by Crippen LogP contribution is 2.12. The lowest BCUT2D eigenvalue weighted by molar-refractivity contribution is -0.148. The highest BCUT2D eigenvalue weighted by atomic mass is 79.9. The summed E-state index contributed by atoms with van der Waals surface area (Å²) in [6, 6.07) is 7.69. The molecule has 0 aliphatic heterocycles. The molecule has 0 radical (unpaired) electrons. The Morgan fingerprint density at radius 3 is 2.44 bits per heavy atom. The highest BCUT2D eigenvalue weighted by Gasteiger charge is 2.14. The van der Waals surface area contributed by atoms with Crippen molar-refractivity contribution in [2.75, 3.05) is 13.7 Å². The Hall–Kier alpha value is -1.36. The summed E-state index contributed by atoms with van der Waals surface area (Å²) in [4.78, 5) is 24.4. The minimum absolute atomic E-state index is 0.207. The van der Waals surface area contributed by atoms with Gasteiger partial charge in [0.15, 0.2) is 0 Å². The van der Waals surface area contributed by atoms with E-state index < -0.39 is 5.97 Å². The second-order valence-electron chi connectivity index (χ2n) is 3.86. The first-order chi connectivity index (χ1) is 8.52. The molecule has 0 fully saturated rings. The van der Waals surface area contributed by atoms with Gasteiger partial charge in [0.05, 0.1) is 6.61 Å². The molecule has 0 bridgehead atoms. The third kappa shape index (κ3) is 4.87. The summed E-state index contributed by atoms with van der Waals surface area (Å²) in [5, 5.41) is 0. The van der Waals surface area contributed by atoms with E-state index in [4.69, 9.17) is 4.74 Å². The van der Waals surface area contributed by atoms with Crippen molar-refractivity contribution in [1.29, 1.82) is 0 Å². The molecule has 0 heterocycles. The molecule has 0 aromatic heterocycles. The monoisotopic (exact) mass is 313 g/mol. The number of esters is 1. The lowest BCUT2D eigenvalue weighted by Gasteiger charge is -2.16. The minimum atomic E-state index is -0.481. The second-order valence-corrected chi connectivity index (χ2v) is 4.77. The number of hydrogen-bond donors (Lipinski definition) is 0. The average molecular weight is 314 g/mol. The Kier molecular flexibility index (Phi) is 5.85. The Morgan fingerprint density at radius 1 is 1.28 bits per heavy atom. The maximum Gasteiger partial charge on any atom is 0.315 e. The van der Waals surface area contributed by atoms with Crippen molar-refractivity contribution in [3.8, 4) is 0 Å². The molecule has 0 aliphatic rings. The first-order valence-corrected chi connectivity index (χ1v) is 6.46. The van der Waals surface area contributed by atoms with E-state index in [9.17, 15) is 9.59 Å². The van der Waals surface area contributed by atoms with Crippen molar-refractivity contribution in [2.24, 2.45) is 0 Å². The summed E-state index contributed by atoms with van der Waals surface area (Å²) in [6.45, 7) is 2.49. The standard InChI is InChI=1S/C13H16BrNO3/c1-3-18-13(17)8-12(16)15(2)9-10-4-6-11(14)7-5-10/h4-7H,3,8-9H2,1-2H3. The van der Waals surface area contributed by atoms with Crippen LogP contribution in [0.1, 0.15) is 18.9 Å². The molecule has 4 nitrogen and oxygen atoms in total. The molecule has 1 rings (SSSR count). The predicted molar refractivity (Wildman–Crippen MR) is 71.9 cm³/mol. The van der Waals surface area contributed by atoms with Gasteiger partial charge in [-0.25, -0.2) is 0 Å². The first kappa shape index (κ1) is 14.7. The van der Waals surface area contributed by atoms with Crippen LogP contribution in [0.2, 0.25) is 0 Å². The van der Waals surface area contributed by atoms with Crippen molar-refractivity contribution in [3.63, 3.8) is 0 Å². The Labute approximate surface area is 115 Å². The van der Waals surface area contributed by atoms with E-state index in [0.717, 1.165) is 10.0 Å². The fourth-order valence-electron chi connectivity index (χ4n) is 1.42. The van der Waals surface area contributed by atoms with Crippen molar-refractivity contribution in [2.45, 2.75) is 19.9 Å². The van der Waals surface area contributed by atoms with Gasteiger partial charge >= 0.3 is 5.97 Å². The maximum absolute atomic E-state index is 11.7. The van der Waals surface area contributed by atoms with Crippen LogP contribution in [0.3, 0.4) is 0 Å². The predicted octanol–water partition coefficient (Wildman–Crippen LogP) is 2.36. The largest absolute Gasteiger partial charge is 0.466 e. The van der Waals surface area contributed by atoms with E-state index in [-0.39, 0.29) is 12.3 Å². The molecule has 0 spiro atoms. The minimum Gasteiger partial charge on any atom is -0.466 e. The van der Waals surface area contributed by atoms with Crippen molar-refractivity contribution in [1.82, 2.24) is 4.90 Å². The van der Waals surface area contributed by atoms with Crippen LogP contribution in [-0.2, 0) is 20.9 Å². The molecule has 5 heteroatoms. The molecule has 98 valence electrons. The number of carbonyl (C=O) groups excluding carboxylic acids is 2. The molecule has 0 unspecified atom stereocenters. The summed E-state index contributed by atoms with van der Waals surface area (Å²) < 4.78 is 5.73. The maximum atomic E-state index is 11.7. The van der Waals surface area contributed by atoms with Crippen LogP contribution < -0.4 is 0 Å². The van der Waals surface area contributed by atoms with E-state index in [1.54, 1.807) is 14.0 Å². The quantitative estimate of drug-likeness (QED) is 0.619. The summed E-state index contributed by atoms with van der Waals surface area (Å²) in [5.74, 6) is -0.721. The molecule has 0 atom stereocenters. The highest BCUT2D eigenvalue weighted by molar-refractivity contribution is 9.10. The molecule has 0 N–H and O–H groups in total. The zero-order valence-electron chi connectivity index (χ0n) is 10.5. The normalized spacial score (nSPS) is 9.94.